The highest BCUT2D eigenvalue weighted by Crippen LogP contribution is 2.67. The molecule has 2 bridgehead atoms. The van der Waals surface area contributed by atoms with Gasteiger partial charge in [0.1, 0.15) is 5.41 Å². The molecule has 0 unspecified atom stereocenters. The van der Waals surface area contributed by atoms with Gasteiger partial charge in [0.15, 0.2) is 0 Å². The molecule has 120 valence electrons. The van der Waals surface area contributed by atoms with E-state index in [0.717, 1.165) is 33.9 Å². The highest BCUT2D eigenvalue weighted by atomic mass is 16.4. The van der Waals surface area contributed by atoms with Gasteiger partial charge in [-0.1, -0.05) is 38.1 Å². The molecule has 1 fully saturated rings. The van der Waals surface area contributed by atoms with E-state index in [-0.39, 0.29) is 11.3 Å². The van der Waals surface area contributed by atoms with E-state index < -0.39 is 11.4 Å². The molecule has 0 spiro atoms. The second-order valence-electron chi connectivity index (χ2n) is 7.67. The molecular weight excluding hydrogens is 300 g/mol. The van der Waals surface area contributed by atoms with Crippen LogP contribution in [0.15, 0.2) is 36.4 Å². The van der Waals surface area contributed by atoms with Gasteiger partial charge in [-0.15, -0.1) is 0 Å². The molecule has 4 nitrogen and oxygen atoms in total. The first kappa shape index (κ1) is 13.9. The topological polar surface area (TPSA) is 63.1 Å². The number of rotatable bonds is 1. The smallest absolute Gasteiger partial charge is 0.316 e. The van der Waals surface area contributed by atoms with Gasteiger partial charge in [0.05, 0.1) is 22.4 Å². The predicted octanol–water partition coefficient (Wildman–Crippen LogP) is 4.02. The Hall–Kier alpha value is -2.49. The van der Waals surface area contributed by atoms with E-state index in [1.54, 1.807) is 0 Å². The van der Waals surface area contributed by atoms with Gasteiger partial charge in [-0.2, -0.15) is 0 Å². The monoisotopic (exact) mass is 318 g/mol. The fourth-order valence-electron chi connectivity index (χ4n) is 5.04. The maximum Gasteiger partial charge on any atom is 0.316 e. The number of fused-ring (bicyclic) bond motifs is 7. The molecule has 5 rings (SSSR count). The predicted molar refractivity (Wildman–Crippen MR) is 92.1 cm³/mol. The Morgan fingerprint density at radius 3 is 2.38 bits per heavy atom. The summed E-state index contributed by atoms with van der Waals surface area (Å²) in [5.74, 6) is -0.588. The second kappa shape index (κ2) is 4.12. The summed E-state index contributed by atoms with van der Waals surface area (Å²) in [6.45, 7) is 4.12. The summed E-state index contributed by atoms with van der Waals surface area (Å²) >= 11 is 0. The lowest BCUT2D eigenvalue weighted by atomic mass is 9.68. The van der Waals surface area contributed by atoms with E-state index in [2.05, 4.69) is 26.0 Å². The molecule has 1 N–H and O–H groups in total. The van der Waals surface area contributed by atoms with Crippen molar-refractivity contribution < 1.29 is 9.90 Å². The normalized spacial score (nSPS) is 26.8. The van der Waals surface area contributed by atoms with E-state index >= 15 is 0 Å². The molecular formula is C20H18N2O2. The summed E-state index contributed by atoms with van der Waals surface area (Å²) in [5.41, 5.74) is 1.99. The summed E-state index contributed by atoms with van der Waals surface area (Å²) < 4.78 is 0. The van der Waals surface area contributed by atoms with Crippen LogP contribution < -0.4 is 0 Å². The van der Waals surface area contributed by atoms with Crippen LogP contribution >= 0.6 is 0 Å². The fourth-order valence-corrected chi connectivity index (χ4v) is 5.04. The van der Waals surface area contributed by atoms with E-state index in [9.17, 15) is 9.90 Å². The largest absolute Gasteiger partial charge is 0.481 e. The Labute approximate surface area is 139 Å². The number of benzene rings is 2. The van der Waals surface area contributed by atoms with Crippen LogP contribution in [0.2, 0.25) is 0 Å². The maximum atomic E-state index is 12.2. The average molecular weight is 318 g/mol. The lowest BCUT2D eigenvalue weighted by Gasteiger charge is -2.33. The lowest BCUT2D eigenvalue weighted by molar-refractivity contribution is -0.147. The van der Waals surface area contributed by atoms with Gasteiger partial charge < -0.3 is 5.11 Å². The molecule has 1 heterocycles. The quantitative estimate of drug-likeness (QED) is 0.688. The van der Waals surface area contributed by atoms with Crippen LogP contribution in [0.3, 0.4) is 0 Å². The molecule has 2 aliphatic carbocycles. The van der Waals surface area contributed by atoms with Crippen molar-refractivity contribution in [2.75, 3.05) is 0 Å². The van der Waals surface area contributed by atoms with Crippen LogP contribution in [-0.2, 0) is 10.2 Å². The van der Waals surface area contributed by atoms with Crippen LogP contribution in [0.1, 0.15) is 44.0 Å². The number of aromatic nitrogens is 2. The zero-order valence-corrected chi connectivity index (χ0v) is 13.7. The standard InChI is InChI=1S/C20H18N2O2/c1-19(2)13-7-8-20(19,18(23)24)17-16(13)21-14-9-11-5-3-4-6-12(11)10-15(14)22-17/h3-6,9-10,13H,7-8H2,1-2H3,(H,23,24)/t13-,20-/m0/s1. The minimum atomic E-state index is -0.903. The molecule has 1 saturated carbocycles. The van der Waals surface area contributed by atoms with Crippen molar-refractivity contribution in [3.8, 4) is 0 Å². The molecule has 2 aliphatic rings. The molecule has 2 atom stereocenters. The van der Waals surface area contributed by atoms with Crippen LogP contribution in [0.25, 0.3) is 21.8 Å². The van der Waals surface area contributed by atoms with Gasteiger partial charge in [-0.25, -0.2) is 9.97 Å². The van der Waals surface area contributed by atoms with Crippen LogP contribution in [0, 0.1) is 5.41 Å². The maximum absolute atomic E-state index is 12.2. The number of carbonyl (C=O) groups is 1. The van der Waals surface area contributed by atoms with Crippen molar-refractivity contribution in [1.82, 2.24) is 9.97 Å². The third kappa shape index (κ3) is 1.38. The number of hydrogen-bond donors (Lipinski definition) is 1. The van der Waals surface area contributed by atoms with Crippen LogP contribution in [0.4, 0.5) is 0 Å². The van der Waals surface area contributed by atoms with Gasteiger partial charge >= 0.3 is 5.97 Å². The molecule has 1 aromatic heterocycles. The summed E-state index contributed by atoms with van der Waals surface area (Å²) in [6, 6.07) is 12.2. The highest BCUT2D eigenvalue weighted by molar-refractivity contribution is 5.95. The van der Waals surface area contributed by atoms with E-state index in [1.807, 2.05) is 24.3 Å². The number of carboxylic acid groups (broad SMARTS) is 1. The fraction of sp³-hybridized carbons (Fsp3) is 0.350. The van der Waals surface area contributed by atoms with Crippen molar-refractivity contribution in [3.05, 3.63) is 47.8 Å². The number of hydrogen-bond acceptors (Lipinski definition) is 3. The van der Waals surface area contributed by atoms with Gasteiger partial charge in [0.2, 0.25) is 0 Å². The Morgan fingerprint density at radius 2 is 1.75 bits per heavy atom. The minimum Gasteiger partial charge on any atom is -0.481 e. The summed E-state index contributed by atoms with van der Waals surface area (Å²) in [7, 11) is 0. The highest BCUT2D eigenvalue weighted by Gasteiger charge is 2.68. The number of carboxylic acids is 1. The zero-order valence-electron chi connectivity index (χ0n) is 13.7. The Balaban J connectivity index is 1.87. The molecule has 24 heavy (non-hydrogen) atoms. The van der Waals surface area contributed by atoms with Crippen molar-refractivity contribution >= 4 is 27.8 Å². The molecule has 0 radical (unpaired) electrons. The first-order valence-corrected chi connectivity index (χ1v) is 8.39. The van der Waals surface area contributed by atoms with Gasteiger partial charge in [0.25, 0.3) is 0 Å². The van der Waals surface area contributed by atoms with Crippen LogP contribution in [-0.4, -0.2) is 21.0 Å². The first-order valence-electron chi connectivity index (χ1n) is 8.39. The first-order chi connectivity index (χ1) is 11.4. The second-order valence-corrected chi connectivity index (χ2v) is 7.67. The average Bonchev–Trinajstić information content (AvgIpc) is 2.93. The van der Waals surface area contributed by atoms with Crippen molar-refractivity contribution in [2.45, 2.75) is 38.0 Å². The summed E-state index contributed by atoms with van der Waals surface area (Å²) in [6.07, 6.45) is 1.53. The van der Waals surface area contributed by atoms with Gasteiger partial charge in [0, 0.05) is 5.92 Å². The third-order valence-corrected chi connectivity index (χ3v) is 6.44. The lowest BCUT2D eigenvalue weighted by Crippen LogP contribution is -2.43. The van der Waals surface area contributed by atoms with E-state index in [4.69, 9.17) is 9.97 Å². The Morgan fingerprint density at radius 1 is 1.12 bits per heavy atom. The minimum absolute atomic E-state index is 0.173. The Kier molecular flexibility index (Phi) is 2.39. The third-order valence-electron chi connectivity index (χ3n) is 6.44. The van der Waals surface area contributed by atoms with Crippen molar-refractivity contribution in [1.29, 1.82) is 0 Å². The molecule has 0 saturated heterocycles. The van der Waals surface area contributed by atoms with Crippen molar-refractivity contribution in [2.24, 2.45) is 5.41 Å². The van der Waals surface area contributed by atoms with Crippen LogP contribution in [0.5, 0.6) is 0 Å². The van der Waals surface area contributed by atoms with Gasteiger partial charge in [-0.05, 0) is 41.2 Å². The zero-order chi connectivity index (χ0) is 16.7. The molecule has 0 amide bonds. The van der Waals surface area contributed by atoms with Gasteiger partial charge in [-0.3, -0.25) is 4.79 Å². The SMILES string of the molecule is CC1(C)[C@H]2CC[C@@]1(C(=O)O)c1nc3cc4ccccc4cc3nc12. The Bertz CT molecular complexity index is 1040. The van der Waals surface area contributed by atoms with Crippen molar-refractivity contribution in [3.63, 3.8) is 0 Å². The molecule has 3 aromatic rings. The molecule has 2 aromatic carbocycles. The van der Waals surface area contributed by atoms with E-state index in [1.165, 1.54) is 0 Å². The molecule has 0 aliphatic heterocycles. The summed E-state index contributed by atoms with van der Waals surface area (Å²) in [5, 5.41) is 12.3. The van der Waals surface area contributed by atoms with E-state index in [0.29, 0.717) is 12.1 Å². The number of aliphatic carboxylic acids is 1. The summed E-state index contributed by atoms with van der Waals surface area (Å²) in [4.78, 5) is 22.0. The number of nitrogens with zero attached hydrogens (tertiary/aromatic N) is 2. The molecule has 4 heteroatoms.